The molecular formula is C24H28N2O4S. The number of amides is 1. The zero-order valence-electron chi connectivity index (χ0n) is 18.0. The summed E-state index contributed by atoms with van der Waals surface area (Å²) in [7, 11) is -2.25. The maximum absolute atomic E-state index is 13.0. The van der Waals surface area contributed by atoms with Gasteiger partial charge < -0.3 is 10.1 Å². The Morgan fingerprint density at radius 1 is 0.968 bits per heavy atom. The Morgan fingerprint density at radius 2 is 1.65 bits per heavy atom. The normalized spacial score (nSPS) is 12.6. The average Bonchev–Trinajstić information content (AvgIpc) is 2.77. The maximum Gasteiger partial charge on any atom is 0.241 e. The van der Waals surface area contributed by atoms with Gasteiger partial charge in [-0.1, -0.05) is 62.4 Å². The second kappa shape index (κ2) is 9.94. The molecule has 3 rings (SSSR count). The van der Waals surface area contributed by atoms with E-state index in [1.54, 1.807) is 25.3 Å². The molecule has 0 spiro atoms. The fourth-order valence-corrected chi connectivity index (χ4v) is 4.78. The zero-order chi connectivity index (χ0) is 22.4. The predicted octanol–water partition coefficient (Wildman–Crippen LogP) is 3.51. The number of sulfonamides is 1. The first-order valence-electron chi connectivity index (χ1n) is 10.2. The van der Waals surface area contributed by atoms with E-state index in [1.165, 1.54) is 0 Å². The lowest BCUT2D eigenvalue weighted by Crippen LogP contribution is -2.49. The van der Waals surface area contributed by atoms with Crippen LogP contribution in [0, 0.1) is 5.92 Å². The molecule has 0 aromatic heterocycles. The summed E-state index contributed by atoms with van der Waals surface area (Å²) in [5.74, 6) is 0.185. The first-order chi connectivity index (χ1) is 14.8. The van der Waals surface area contributed by atoms with E-state index >= 15 is 0 Å². The van der Waals surface area contributed by atoms with Gasteiger partial charge in [-0.05, 0) is 46.9 Å². The Balaban J connectivity index is 1.69. The molecule has 1 unspecified atom stereocenters. The molecule has 1 amide bonds. The number of carbonyl (C=O) groups excluding carboxylic acids is 1. The number of benzene rings is 3. The van der Waals surface area contributed by atoms with Crippen molar-refractivity contribution in [3.63, 3.8) is 0 Å². The van der Waals surface area contributed by atoms with Crippen molar-refractivity contribution in [3.05, 3.63) is 72.3 Å². The van der Waals surface area contributed by atoms with Crippen molar-refractivity contribution in [2.24, 2.45) is 5.92 Å². The molecule has 164 valence electrons. The molecule has 0 aliphatic rings. The third-order valence-corrected chi connectivity index (χ3v) is 6.59. The highest BCUT2D eigenvalue weighted by atomic mass is 32.2. The fourth-order valence-electron chi connectivity index (χ4n) is 3.40. The molecule has 31 heavy (non-hydrogen) atoms. The number of methoxy groups -OCH3 is 1. The van der Waals surface area contributed by atoms with Gasteiger partial charge in [0, 0.05) is 6.54 Å². The van der Waals surface area contributed by atoms with Crippen molar-refractivity contribution in [1.29, 1.82) is 0 Å². The van der Waals surface area contributed by atoms with Crippen LogP contribution >= 0.6 is 0 Å². The van der Waals surface area contributed by atoms with Crippen molar-refractivity contribution in [3.8, 4) is 5.75 Å². The summed E-state index contributed by atoms with van der Waals surface area (Å²) in [4.78, 5) is 12.9. The van der Waals surface area contributed by atoms with E-state index in [4.69, 9.17) is 4.74 Å². The highest BCUT2D eigenvalue weighted by Gasteiger charge is 2.28. The van der Waals surface area contributed by atoms with Gasteiger partial charge >= 0.3 is 0 Å². The van der Waals surface area contributed by atoms with Gasteiger partial charge in [-0.2, -0.15) is 4.72 Å². The quantitative estimate of drug-likeness (QED) is 0.533. The van der Waals surface area contributed by atoms with Crippen LogP contribution in [0.2, 0.25) is 0 Å². The molecule has 2 N–H and O–H groups in total. The van der Waals surface area contributed by atoms with Gasteiger partial charge in [-0.25, -0.2) is 8.42 Å². The smallest absolute Gasteiger partial charge is 0.241 e. The second-order valence-corrected chi connectivity index (χ2v) is 9.42. The number of hydrogen-bond donors (Lipinski definition) is 2. The number of rotatable bonds is 9. The lowest BCUT2D eigenvalue weighted by atomic mass is 10.0. The molecule has 0 saturated heterocycles. The third kappa shape index (κ3) is 5.62. The summed E-state index contributed by atoms with van der Waals surface area (Å²) in [5.41, 5.74) is 0.975. The molecule has 7 heteroatoms. The van der Waals surface area contributed by atoms with E-state index in [0.29, 0.717) is 13.0 Å². The standard InChI is InChI=1S/C24H28N2O4S/c1-17(2)23(24(27)25-15-14-19-9-6-7-11-22(19)30-3)26-31(28,29)21-13-12-18-8-4-5-10-20(18)16-21/h4-13,16-17,23,26H,14-15H2,1-3H3,(H,25,27). The molecule has 0 bridgehead atoms. The van der Waals surface area contributed by atoms with Crippen molar-refractivity contribution < 1.29 is 17.9 Å². The van der Waals surface area contributed by atoms with Crippen LogP contribution in [0.15, 0.2) is 71.6 Å². The van der Waals surface area contributed by atoms with Crippen LogP contribution in [0.4, 0.5) is 0 Å². The summed E-state index contributed by atoms with van der Waals surface area (Å²) < 4.78 is 33.8. The number of para-hydroxylation sites is 1. The SMILES string of the molecule is COc1ccccc1CCNC(=O)C(NS(=O)(=O)c1ccc2ccccc2c1)C(C)C. The molecule has 3 aromatic rings. The van der Waals surface area contributed by atoms with Crippen LogP contribution in [0.5, 0.6) is 5.75 Å². The summed E-state index contributed by atoms with van der Waals surface area (Å²) in [5, 5.41) is 4.63. The van der Waals surface area contributed by atoms with Crippen LogP contribution in [0.3, 0.4) is 0 Å². The highest BCUT2D eigenvalue weighted by Crippen LogP contribution is 2.20. The largest absolute Gasteiger partial charge is 0.496 e. The van der Waals surface area contributed by atoms with E-state index in [1.807, 2.05) is 62.4 Å². The minimum Gasteiger partial charge on any atom is -0.496 e. The molecule has 0 aliphatic carbocycles. The van der Waals surface area contributed by atoms with Gasteiger partial charge in [-0.15, -0.1) is 0 Å². The van der Waals surface area contributed by atoms with Crippen LogP contribution in [0.1, 0.15) is 19.4 Å². The minimum absolute atomic E-state index is 0.138. The van der Waals surface area contributed by atoms with Crippen molar-refractivity contribution >= 4 is 26.7 Å². The number of ether oxygens (including phenoxy) is 1. The van der Waals surface area contributed by atoms with E-state index in [9.17, 15) is 13.2 Å². The summed E-state index contributed by atoms with van der Waals surface area (Å²) >= 11 is 0. The molecule has 3 aromatic carbocycles. The molecule has 0 fully saturated rings. The molecular weight excluding hydrogens is 412 g/mol. The first-order valence-corrected chi connectivity index (χ1v) is 11.7. The number of fused-ring (bicyclic) bond motifs is 1. The lowest BCUT2D eigenvalue weighted by Gasteiger charge is -2.22. The Bertz CT molecular complexity index is 1160. The van der Waals surface area contributed by atoms with Crippen LogP contribution in [-0.4, -0.2) is 34.0 Å². The van der Waals surface area contributed by atoms with E-state index in [-0.39, 0.29) is 16.7 Å². The average molecular weight is 441 g/mol. The fraction of sp³-hybridized carbons (Fsp3) is 0.292. The maximum atomic E-state index is 13.0. The van der Waals surface area contributed by atoms with Crippen molar-refractivity contribution in [1.82, 2.24) is 10.0 Å². The highest BCUT2D eigenvalue weighted by molar-refractivity contribution is 7.89. The zero-order valence-corrected chi connectivity index (χ0v) is 18.8. The number of nitrogens with one attached hydrogen (secondary N) is 2. The Morgan fingerprint density at radius 3 is 2.35 bits per heavy atom. The minimum atomic E-state index is -3.86. The van der Waals surface area contributed by atoms with E-state index < -0.39 is 16.1 Å². The summed E-state index contributed by atoms with van der Waals surface area (Å²) in [6.45, 7) is 4.00. The monoisotopic (exact) mass is 440 g/mol. The number of carbonyl (C=O) groups is 1. The molecule has 6 nitrogen and oxygen atoms in total. The van der Waals surface area contributed by atoms with Crippen LogP contribution in [0.25, 0.3) is 10.8 Å². The van der Waals surface area contributed by atoms with Crippen molar-refractivity contribution in [2.45, 2.75) is 31.2 Å². The molecule has 0 saturated carbocycles. The van der Waals surface area contributed by atoms with Gasteiger partial charge in [0.15, 0.2) is 0 Å². The van der Waals surface area contributed by atoms with Crippen molar-refractivity contribution in [2.75, 3.05) is 13.7 Å². The predicted molar refractivity (Wildman–Crippen MR) is 123 cm³/mol. The molecule has 0 aliphatic heterocycles. The van der Waals surface area contributed by atoms with Crippen LogP contribution in [-0.2, 0) is 21.2 Å². The van der Waals surface area contributed by atoms with E-state index in [0.717, 1.165) is 22.1 Å². The summed E-state index contributed by atoms with van der Waals surface area (Å²) in [6, 6.07) is 19.2. The second-order valence-electron chi connectivity index (χ2n) is 7.70. The molecule has 0 radical (unpaired) electrons. The van der Waals surface area contributed by atoms with Gasteiger partial charge in [0.1, 0.15) is 11.8 Å². The van der Waals surface area contributed by atoms with E-state index in [2.05, 4.69) is 10.0 Å². The topological polar surface area (TPSA) is 84.5 Å². The van der Waals surface area contributed by atoms with Gasteiger partial charge in [0.2, 0.25) is 15.9 Å². The Hall–Kier alpha value is -2.90. The lowest BCUT2D eigenvalue weighted by molar-refractivity contribution is -0.123. The molecule has 0 heterocycles. The number of hydrogen-bond acceptors (Lipinski definition) is 4. The van der Waals surface area contributed by atoms with Gasteiger partial charge in [0.05, 0.1) is 12.0 Å². The van der Waals surface area contributed by atoms with Gasteiger partial charge in [-0.3, -0.25) is 4.79 Å². The molecule has 1 atom stereocenters. The summed E-state index contributed by atoms with van der Waals surface area (Å²) in [6.07, 6.45) is 0.581. The third-order valence-electron chi connectivity index (χ3n) is 5.15. The Labute approximate surface area is 183 Å². The van der Waals surface area contributed by atoms with Gasteiger partial charge in [0.25, 0.3) is 0 Å². The van der Waals surface area contributed by atoms with Crippen LogP contribution < -0.4 is 14.8 Å². The Kier molecular flexibility index (Phi) is 7.30. The first kappa shape index (κ1) is 22.8.